The average molecular weight is 355 g/mol. The second-order valence-corrected chi connectivity index (χ2v) is 7.26. The smallest absolute Gasteiger partial charge is 0.225 e. The van der Waals surface area contributed by atoms with Crippen molar-refractivity contribution in [3.8, 4) is 0 Å². The van der Waals surface area contributed by atoms with Gasteiger partial charge in [0.15, 0.2) is 0 Å². The molecule has 4 heteroatoms. The topological polar surface area (TPSA) is 33.5 Å². The second kappa shape index (κ2) is 6.97. The van der Waals surface area contributed by atoms with Crippen molar-refractivity contribution in [1.29, 1.82) is 0 Å². The highest BCUT2D eigenvalue weighted by molar-refractivity contribution is 6.02. The van der Waals surface area contributed by atoms with Gasteiger partial charge in [0.2, 0.25) is 5.95 Å². The Morgan fingerprint density at radius 3 is 2.00 bits per heavy atom. The summed E-state index contributed by atoms with van der Waals surface area (Å²) in [6.45, 7) is 5.28. The molecule has 1 aliphatic heterocycles. The molecule has 4 nitrogen and oxygen atoms in total. The van der Waals surface area contributed by atoms with Gasteiger partial charge < -0.3 is 9.80 Å². The number of fused-ring (bicyclic) bond motifs is 2. The molecule has 5 rings (SSSR count). The average Bonchev–Trinajstić information content (AvgIpc) is 2.75. The van der Waals surface area contributed by atoms with Crippen molar-refractivity contribution in [3.63, 3.8) is 0 Å². The Hall–Kier alpha value is -2.98. The number of quaternary nitrogens is 1. The second-order valence-electron chi connectivity index (χ2n) is 7.26. The molecule has 4 aromatic rings. The molecule has 2 heterocycles. The van der Waals surface area contributed by atoms with Gasteiger partial charge in [0.25, 0.3) is 0 Å². The first-order valence-electron chi connectivity index (χ1n) is 9.63. The SMILES string of the molecule is c1cnc(N2CC[NH+](Cc3c4ccccc4cc4ccccc34)CC2)nc1. The third-order valence-electron chi connectivity index (χ3n) is 5.62. The third kappa shape index (κ3) is 3.13. The first-order chi connectivity index (χ1) is 13.4. The molecule has 0 saturated carbocycles. The van der Waals surface area contributed by atoms with E-state index in [9.17, 15) is 0 Å². The standard InChI is InChI=1S/C23H22N4/c1-3-8-20-18(6-1)16-19-7-2-4-9-21(19)22(20)17-26-12-14-27(15-13-26)23-24-10-5-11-25-23/h1-11,16H,12-15,17H2/p+1. The van der Waals surface area contributed by atoms with Crippen molar-refractivity contribution >= 4 is 27.5 Å². The predicted molar refractivity (Wildman–Crippen MR) is 110 cm³/mol. The summed E-state index contributed by atoms with van der Waals surface area (Å²) in [5.41, 5.74) is 1.48. The normalized spacial score (nSPS) is 15.5. The number of anilines is 1. The molecule has 3 aromatic carbocycles. The summed E-state index contributed by atoms with van der Waals surface area (Å²) in [6.07, 6.45) is 3.65. The van der Waals surface area contributed by atoms with Crippen LogP contribution in [0, 0.1) is 0 Å². The molecule has 0 atom stereocenters. The molecule has 0 amide bonds. The van der Waals surface area contributed by atoms with Crippen LogP contribution in [0.1, 0.15) is 5.56 Å². The molecule has 1 aliphatic rings. The van der Waals surface area contributed by atoms with E-state index in [-0.39, 0.29) is 0 Å². The van der Waals surface area contributed by atoms with Gasteiger partial charge in [0, 0.05) is 18.0 Å². The molecule has 1 fully saturated rings. The summed E-state index contributed by atoms with van der Waals surface area (Å²) in [4.78, 5) is 12.7. The predicted octanol–water partition coefficient (Wildman–Crippen LogP) is 2.69. The van der Waals surface area contributed by atoms with Gasteiger partial charge in [0.05, 0.1) is 26.2 Å². The summed E-state index contributed by atoms with van der Waals surface area (Å²) in [6, 6.07) is 21.7. The summed E-state index contributed by atoms with van der Waals surface area (Å²) in [5, 5.41) is 5.44. The summed E-state index contributed by atoms with van der Waals surface area (Å²) in [7, 11) is 0. The summed E-state index contributed by atoms with van der Waals surface area (Å²) < 4.78 is 0. The molecular formula is C23H23N4+. The quantitative estimate of drug-likeness (QED) is 0.574. The fourth-order valence-corrected chi connectivity index (χ4v) is 4.20. The zero-order valence-electron chi connectivity index (χ0n) is 15.3. The number of piperazine rings is 1. The van der Waals surface area contributed by atoms with Gasteiger partial charge in [-0.2, -0.15) is 0 Å². The van der Waals surface area contributed by atoms with Gasteiger partial charge in [-0.15, -0.1) is 0 Å². The Morgan fingerprint density at radius 1 is 0.778 bits per heavy atom. The highest BCUT2D eigenvalue weighted by Crippen LogP contribution is 2.28. The minimum absolute atomic E-state index is 0.854. The van der Waals surface area contributed by atoms with Crippen molar-refractivity contribution in [2.24, 2.45) is 0 Å². The number of rotatable bonds is 3. The monoisotopic (exact) mass is 355 g/mol. The molecule has 0 aliphatic carbocycles. The van der Waals surface area contributed by atoms with Crippen LogP contribution in [0.2, 0.25) is 0 Å². The molecule has 1 N–H and O–H groups in total. The maximum Gasteiger partial charge on any atom is 0.225 e. The van der Waals surface area contributed by atoms with E-state index < -0.39 is 0 Å². The fourth-order valence-electron chi connectivity index (χ4n) is 4.20. The molecule has 1 aromatic heterocycles. The van der Waals surface area contributed by atoms with Crippen LogP contribution in [0.25, 0.3) is 21.5 Å². The van der Waals surface area contributed by atoms with Crippen molar-refractivity contribution in [2.45, 2.75) is 6.54 Å². The van der Waals surface area contributed by atoms with Crippen molar-refractivity contribution in [1.82, 2.24) is 9.97 Å². The third-order valence-corrected chi connectivity index (χ3v) is 5.62. The zero-order valence-corrected chi connectivity index (χ0v) is 15.3. The van der Waals surface area contributed by atoms with Crippen LogP contribution in [-0.2, 0) is 6.54 Å². The molecule has 1 saturated heterocycles. The Morgan fingerprint density at radius 2 is 1.37 bits per heavy atom. The number of hydrogen-bond acceptors (Lipinski definition) is 3. The molecule has 0 unspecified atom stereocenters. The maximum atomic E-state index is 4.40. The molecule has 27 heavy (non-hydrogen) atoms. The van der Waals surface area contributed by atoms with E-state index in [0.29, 0.717) is 0 Å². The number of aromatic nitrogens is 2. The lowest BCUT2D eigenvalue weighted by atomic mass is 9.96. The fraction of sp³-hybridized carbons (Fsp3) is 0.217. The Kier molecular flexibility index (Phi) is 4.18. The van der Waals surface area contributed by atoms with E-state index >= 15 is 0 Å². The van der Waals surface area contributed by atoms with E-state index in [1.165, 1.54) is 27.1 Å². The lowest BCUT2D eigenvalue weighted by Crippen LogP contribution is -3.13. The maximum absolute atomic E-state index is 4.40. The summed E-state index contributed by atoms with van der Waals surface area (Å²) in [5.74, 6) is 0.854. The first kappa shape index (κ1) is 16.2. The van der Waals surface area contributed by atoms with Crippen molar-refractivity contribution in [2.75, 3.05) is 31.1 Å². The van der Waals surface area contributed by atoms with Crippen LogP contribution >= 0.6 is 0 Å². The van der Waals surface area contributed by atoms with Crippen LogP contribution in [0.5, 0.6) is 0 Å². The van der Waals surface area contributed by atoms with E-state index in [4.69, 9.17) is 0 Å². The van der Waals surface area contributed by atoms with Crippen LogP contribution in [0.4, 0.5) is 5.95 Å². The van der Waals surface area contributed by atoms with Crippen LogP contribution in [-0.4, -0.2) is 36.1 Å². The number of nitrogens with zero attached hydrogens (tertiary/aromatic N) is 3. The van der Waals surface area contributed by atoms with Crippen molar-refractivity contribution in [3.05, 3.63) is 78.6 Å². The molecule has 0 spiro atoms. The van der Waals surface area contributed by atoms with Gasteiger partial charge >= 0.3 is 0 Å². The zero-order chi connectivity index (χ0) is 18.1. The molecular weight excluding hydrogens is 332 g/mol. The van der Waals surface area contributed by atoms with E-state index in [1.807, 2.05) is 18.5 Å². The Bertz CT molecular complexity index is 1020. The van der Waals surface area contributed by atoms with Gasteiger partial charge in [-0.05, 0) is 33.7 Å². The van der Waals surface area contributed by atoms with E-state index in [0.717, 1.165) is 38.7 Å². The molecule has 0 radical (unpaired) electrons. The largest absolute Gasteiger partial charge is 0.330 e. The Balaban J connectivity index is 1.43. The lowest BCUT2D eigenvalue weighted by Gasteiger charge is -2.32. The summed E-state index contributed by atoms with van der Waals surface area (Å²) >= 11 is 0. The van der Waals surface area contributed by atoms with Crippen LogP contribution < -0.4 is 9.80 Å². The van der Waals surface area contributed by atoms with Gasteiger partial charge in [-0.25, -0.2) is 9.97 Å². The van der Waals surface area contributed by atoms with Gasteiger partial charge in [0.1, 0.15) is 6.54 Å². The number of benzene rings is 3. The van der Waals surface area contributed by atoms with E-state index in [2.05, 4.69) is 69.5 Å². The minimum atomic E-state index is 0.854. The van der Waals surface area contributed by atoms with Crippen LogP contribution in [0.15, 0.2) is 73.1 Å². The highest BCUT2D eigenvalue weighted by Gasteiger charge is 2.23. The lowest BCUT2D eigenvalue weighted by molar-refractivity contribution is -0.914. The molecule has 134 valence electrons. The van der Waals surface area contributed by atoms with Gasteiger partial charge in [-0.3, -0.25) is 0 Å². The minimum Gasteiger partial charge on any atom is -0.330 e. The molecule has 0 bridgehead atoms. The number of hydrogen-bond donors (Lipinski definition) is 1. The van der Waals surface area contributed by atoms with Crippen molar-refractivity contribution < 1.29 is 4.90 Å². The van der Waals surface area contributed by atoms with Crippen LogP contribution in [0.3, 0.4) is 0 Å². The highest BCUT2D eigenvalue weighted by atomic mass is 15.3. The number of nitrogens with one attached hydrogen (secondary N) is 1. The van der Waals surface area contributed by atoms with E-state index in [1.54, 1.807) is 4.90 Å². The first-order valence-corrected chi connectivity index (χ1v) is 9.63. The Labute approximate surface area is 159 Å². The van der Waals surface area contributed by atoms with Gasteiger partial charge in [-0.1, -0.05) is 48.5 Å².